The smallest absolute Gasteiger partial charge is 0.227 e. The second-order valence-electron chi connectivity index (χ2n) is 6.00. The van der Waals surface area contributed by atoms with Crippen molar-refractivity contribution in [3.63, 3.8) is 0 Å². The maximum atomic E-state index is 5.98. The highest BCUT2D eigenvalue weighted by Crippen LogP contribution is 2.26. The van der Waals surface area contributed by atoms with Gasteiger partial charge < -0.3 is 9.09 Å². The number of nitrogens with zero attached hydrogens (tertiary/aromatic N) is 5. The largest absolute Gasteiger partial charge is 0.339 e. The number of halogens is 1. The Morgan fingerprint density at radius 1 is 1.18 bits per heavy atom. The van der Waals surface area contributed by atoms with Crippen molar-refractivity contribution < 1.29 is 4.52 Å². The van der Waals surface area contributed by atoms with Gasteiger partial charge in [-0.1, -0.05) is 34.6 Å². The molecule has 1 aromatic carbocycles. The van der Waals surface area contributed by atoms with Gasteiger partial charge in [-0.3, -0.25) is 0 Å². The molecule has 9 heteroatoms. The summed E-state index contributed by atoms with van der Waals surface area (Å²) in [5.74, 6) is 3.09. The van der Waals surface area contributed by atoms with E-state index in [9.17, 15) is 0 Å². The van der Waals surface area contributed by atoms with Gasteiger partial charge in [0.1, 0.15) is 0 Å². The number of thioether (sulfide) groups is 1. The third kappa shape index (κ3) is 4.29. The first-order valence-electron chi connectivity index (χ1n) is 8.93. The maximum absolute atomic E-state index is 5.98. The minimum Gasteiger partial charge on any atom is -0.339 e. The van der Waals surface area contributed by atoms with Crippen LogP contribution in [0.5, 0.6) is 0 Å². The van der Waals surface area contributed by atoms with Crippen molar-refractivity contribution in [2.75, 3.05) is 5.75 Å². The van der Waals surface area contributed by atoms with E-state index in [0.29, 0.717) is 16.7 Å². The zero-order valence-corrected chi connectivity index (χ0v) is 17.6. The zero-order valence-electron chi connectivity index (χ0n) is 15.2. The molecule has 0 fully saturated rings. The van der Waals surface area contributed by atoms with Gasteiger partial charge in [0.15, 0.2) is 11.0 Å². The highest BCUT2D eigenvalue weighted by atomic mass is 35.5. The van der Waals surface area contributed by atoms with Crippen molar-refractivity contribution in [3.8, 4) is 22.1 Å². The number of aromatic nitrogens is 5. The molecule has 3 aromatic heterocycles. The molecule has 0 atom stereocenters. The Balaban J connectivity index is 1.34. The lowest BCUT2D eigenvalue weighted by Crippen LogP contribution is -2.00. The second-order valence-corrected chi connectivity index (χ2v) is 8.44. The standard InChI is InChI=1S/C19H18ClN5OS2/c1-2-25-18(13-7-9-14(20)10-8-13)22-23-19(25)28-12-4-6-16-21-17(24-26-16)15-5-3-11-27-15/h3,5,7-11H,2,4,6,12H2,1H3. The Labute approximate surface area is 176 Å². The molecule has 0 N–H and O–H groups in total. The number of thiophene rings is 1. The van der Waals surface area contributed by atoms with E-state index in [4.69, 9.17) is 16.1 Å². The lowest BCUT2D eigenvalue weighted by atomic mass is 10.2. The Morgan fingerprint density at radius 2 is 2.04 bits per heavy atom. The SMILES string of the molecule is CCn1c(SCCCc2nc(-c3cccs3)no2)nnc1-c1ccc(Cl)cc1. The molecule has 3 heterocycles. The Bertz CT molecular complexity index is 1030. The zero-order chi connectivity index (χ0) is 19.3. The molecule has 0 radical (unpaired) electrons. The van der Waals surface area contributed by atoms with Gasteiger partial charge >= 0.3 is 0 Å². The van der Waals surface area contributed by atoms with Crippen LogP contribution in [0.25, 0.3) is 22.1 Å². The molecule has 0 unspecified atom stereocenters. The van der Waals surface area contributed by atoms with Crippen LogP contribution in [0.2, 0.25) is 5.02 Å². The number of rotatable bonds is 8. The van der Waals surface area contributed by atoms with Gasteiger partial charge in [-0.05, 0) is 49.1 Å². The summed E-state index contributed by atoms with van der Waals surface area (Å²) in [4.78, 5) is 5.48. The monoisotopic (exact) mass is 431 g/mol. The normalized spacial score (nSPS) is 11.2. The lowest BCUT2D eigenvalue weighted by molar-refractivity contribution is 0.378. The summed E-state index contributed by atoms with van der Waals surface area (Å²) in [6.45, 7) is 2.90. The molecule has 0 aliphatic carbocycles. The quantitative estimate of drug-likeness (QED) is 0.272. The topological polar surface area (TPSA) is 69.6 Å². The molecule has 28 heavy (non-hydrogen) atoms. The van der Waals surface area contributed by atoms with Crippen LogP contribution in [-0.4, -0.2) is 30.7 Å². The minimum atomic E-state index is 0.663. The van der Waals surface area contributed by atoms with Crippen LogP contribution in [0.15, 0.2) is 51.5 Å². The van der Waals surface area contributed by atoms with Crippen LogP contribution in [0.4, 0.5) is 0 Å². The van der Waals surface area contributed by atoms with E-state index in [0.717, 1.165) is 46.6 Å². The number of hydrogen-bond acceptors (Lipinski definition) is 7. The second kappa shape index (κ2) is 8.89. The molecule has 6 nitrogen and oxygen atoms in total. The average Bonchev–Trinajstić information content (AvgIpc) is 3.45. The van der Waals surface area contributed by atoms with E-state index in [1.807, 2.05) is 41.8 Å². The molecule has 0 saturated heterocycles. The van der Waals surface area contributed by atoms with Crippen LogP contribution in [0.1, 0.15) is 19.2 Å². The Hall–Kier alpha value is -2.16. The fraction of sp³-hybridized carbons (Fsp3) is 0.263. The summed E-state index contributed by atoms with van der Waals surface area (Å²) in [6.07, 6.45) is 1.67. The van der Waals surface area contributed by atoms with Crippen LogP contribution < -0.4 is 0 Å². The van der Waals surface area contributed by atoms with E-state index in [1.165, 1.54) is 0 Å². The highest BCUT2D eigenvalue weighted by Gasteiger charge is 2.14. The molecular weight excluding hydrogens is 414 g/mol. The molecule has 4 rings (SSSR count). The third-order valence-electron chi connectivity index (χ3n) is 4.11. The predicted molar refractivity (Wildman–Crippen MR) is 113 cm³/mol. The van der Waals surface area contributed by atoms with Gasteiger partial charge in [0, 0.05) is 29.3 Å². The molecule has 0 spiro atoms. The van der Waals surface area contributed by atoms with Crippen LogP contribution >= 0.6 is 34.7 Å². The van der Waals surface area contributed by atoms with Gasteiger partial charge in [-0.2, -0.15) is 4.98 Å². The Kier molecular flexibility index (Phi) is 6.09. The summed E-state index contributed by atoms with van der Waals surface area (Å²) in [6, 6.07) is 11.6. The van der Waals surface area contributed by atoms with Gasteiger partial charge in [0.2, 0.25) is 11.7 Å². The van der Waals surface area contributed by atoms with Gasteiger partial charge in [0.25, 0.3) is 0 Å². The number of hydrogen-bond donors (Lipinski definition) is 0. The summed E-state index contributed by atoms with van der Waals surface area (Å²) in [5.41, 5.74) is 1.01. The van der Waals surface area contributed by atoms with E-state index >= 15 is 0 Å². The fourth-order valence-corrected chi connectivity index (χ4v) is 4.46. The molecule has 0 saturated carbocycles. The summed E-state index contributed by atoms with van der Waals surface area (Å²) in [5, 5.41) is 16.4. The first kappa shape index (κ1) is 19.2. The van der Waals surface area contributed by atoms with Crippen LogP contribution in [-0.2, 0) is 13.0 Å². The van der Waals surface area contributed by atoms with E-state index in [-0.39, 0.29) is 0 Å². The van der Waals surface area contributed by atoms with E-state index in [2.05, 4.69) is 31.8 Å². The van der Waals surface area contributed by atoms with Gasteiger partial charge in [-0.15, -0.1) is 21.5 Å². The molecule has 0 amide bonds. The number of aryl methyl sites for hydroxylation is 1. The van der Waals surface area contributed by atoms with Gasteiger partial charge in [0.05, 0.1) is 4.88 Å². The van der Waals surface area contributed by atoms with Crippen molar-refractivity contribution in [2.24, 2.45) is 0 Å². The molecule has 0 aliphatic heterocycles. The Morgan fingerprint density at radius 3 is 2.79 bits per heavy atom. The first-order chi connectivity index (χ1) is 13.7. The van der Waals surface area contributed by atoms with Crippen molar-refractivity contribution in [2.45, 2.75) is 31.5 Å². The summed E-state index contributed by atoms with van der Waals surface area (Å²) >= 11 is 9.28. The number of benzene rings is 1. The molecule has 144 valence electrons. The van der Waals surface area contributed by atoms with Crippen LogP contribution in [0.3, 0.4) is 0 Å². The van der Waals surface area contributed by atoms with Crippen molar-refractivity contribution in [1.82, 2.24) is 24.9 Å². The molecule has 0 bridgehead atoms. The molecular formula is C19H18ClN5OS2. The highest BCUT2D eigenvalue weighted by molar-refractivity contribution is 7.99. The van der Waals surface area contributed by atoms with Gasteiger partial charge in [-0.25, -0.2) is 0 Å². The molecule has 4 aromatic rings. The van der Waals surface area contributed by atoms with Crippen molar-refractivity contribution in [3.05, 3.63) is 52.7 Å². The average molecular weight is 432 g/mol. The lowest BCUT2D eigenvalue weighted by Gasteiger charge is -2.07. The maximum Gasteiger partial charge on any atom is 0.227 e. The minimum absolute atomic E-state index is 0.663. The summed E-state index contributed by atoms with van der Waals surface area (Å²) < 4.78 is 7.47. The van der Waals surface area contributed by atoms with Crippen molar-refractivity contribution in [1.29, 1.82) is 0 Å². The predicted octanol–water partition coefficient (Wildman–Crippen LogP) is 5.45. The van der Waals surface area contributed by atoms with Crippen LogP contribution in [0, 0.1) is 0 Å². The van der Waals surface area contributed by atoms with Crippen molar-refractivity contribution >= 4 is 34.7 Å². The molecule has 0 aliphatic rings. The van der Waals surface area contributed by atoms with E-state index in [1.54, 1.807) is 23.1 Å². The fourth-order valence-electron chi connectivity index (χ4n) is 2.74. The summed E-state index contributed by atoms with van der Waals surface area (Å²) in [7, 11) is 0. The third-order valence-corrected chi connectivity index (χ3v) is 6.28. The first-order valence-corrected chi connectivity index (χ1v) is 11.2. The van der Waals surface area contributed by atoms with E-state index < -0.39 is 0 Å².